The number of fused-ring (bicyclic) bond motifs is 1. The summed E-state index contributed by atoms with van der Waals surface area (Å²) in [5.41, 5.74) is 0.300. The number of carbonyl (C=O) groups is 1. The Balaban J connectivity index is 2.63. The zero-order chi connectivity index (χ0) is 11.7. The highest BCUT2D eigenvalue weighted by atomic mass is 16.5. The van der Waals surface area contributed by atoms with Gasteiger partial charge in [0.2, 0.25) is 0 Å². The largest absolute Gasteiger partial charge is 0.481 e. The molecule has 0 atom stereocenters. The summed E-state index contributed by atoms with van der Waals surface area (Å²) in [5.74, 6) is -0.418. The summed E-state index contributed by atoms with van der Waals surface area (Å²) in [6, 6.07) is 6.20. The predicted octanol–water partition coefficient (Wildman–Crippen LogP) is 0.545. The van der Waals surface area contributed by atoms with Crippen molar-refractivity contribution in [2.45, 2.75) is 0 Å². The van der Waals surface area contributed by atoms with Crippen LogP contribution < -0.4 is 9.80 Å². The summed E-state index contributed by atoms with van der Waals surface area (Å²) in [6.07, 6.45) is 0. The Bertz CT molecular complexity index is 554. The van der Waals surface area contributed by atoms with E-state index in [2.05, 4.69) is 0 Å². The van der Waals surface area contributed by atoms with Crippen LogP contribution in [-0.2, 0) is 4.79 Å². The van der Waals surface area contributed by atoms with E-state index in [9.17, 15) is 10.0 Å². The minimum absolute atomic E-state index is 0.0757. The van der Waals surface area contributed by atoms with Crippen LogP contribution in [0.4, 0.5) is 5.69 Å². The minimum atomic E-state index is -0.624. The number of benzene rings is 1. The van der Waals surface area contributed by atoms with Gasteiger partial charge in [0, 0.05) is 6.07 Å². The lowest BCUT2D eigenvalue weighted by molar-refractivity contribution is -0.126. The van der Waals surface area contributed by atoms with Crippen LogP contribution in [0.1, 0.15) is 11.1 Å². The van der Waals surface area contributed by atoms with Crippen LogP contribution in [0.2, 0.25) is 0 Å². The van der Waals surface area contributed by atoms with Gasteiger partial charge in [-0.15, -0.1) is 0 Å². The molecule has 0 saturated heterocycles. The quantitative estimate of drug-likeness (QED) is 0.637. The van der Waals surface area contributed by atoms with Gasteiger partial charge >= 0.3 is 0 Å². The Labute approximate surface area is 90.5 Å². The van der Waals surface area contributed by atoms with Gasteiger partial charge in [-0.1, -0.05) is 0 Å². The summed E-state index contributed by atoms with van der Waals surface area (Å²) >= 11 is 0. The van der Waals surface area contributed by atoms with Crippen molar-refractivity contribution in [3.8, 4) is 17.9 Å². The summed E-state index contributed by atoms with van der Waals surface area (Å²) in [7, 11) is 0. The van der Waals surface area contributed by atoms with Crippen molar-refractivity contribution >= 4 is 11.6 Å². The lowest BCUT2D eigenvalue weighted by Crippen LogP contribution is -2.36. The normalized spacial score (nSPS) is 13.4. The van der Waals surface area contributed by atoms with Gasteiger partial charge in [-0.05, 0) is 6.07 Å². The van der Waals surface area contributed by atoms with E-state index in [1.807, 2.05) is 6.07 Å². The molecule has 78 valence electrons. The van der Waals surface area contributed by atoms with Gasteiger partial charge in [0.25, 0.3) is 5.91 Å². The first-order valence-corrected chi connectivity index (χ1v) is 4.30. The molecule has 6 nitrogen and oxygen atoms in total. The molecule has 1 aromatic carbocycles. The zero-order valence-electron chi connectivity index (χ0n) is 7.97. The van der Waals surface area contributed by atoms with Gasteiger partial charge in [-0.3, -0.25) is 10.0 Å². The highest BCUT2D eigenvalue weighted by Gasteiger charge is 2.25. The van der Waals surface area contributed by atoms with E-state index in [4.69, 9.17) is 15.3 Å². The van der Waals surface area contributed by atoms with Crippen molar-refractivity contribution in [1.29, 1.82) is 10.5 Å². The molecule has 1 heterocycles. The fourth-order valence-electron chi connectivity index (χ4n) is 1.37. The van der Waals surface area contributed by atoms with Crippen LogP contribution in [-0.4, -0.2) is 17.7 Å². The second-order valence-corrected chi connectivity index (χ2v) is 3.08. The van der Waals surface area contributed by atoms with E-state index < -0.39 is 5.91 Å². The number of nitriles is 2. The lowest BCUT2D eigenvalue weighted by Gasteiger charge is -2.24. The van der Waals surface area contributed by atoms with Crippen LogP contribution in [0, 0.1) is 22.7 Å². The Morgan fingerprint density at radius 1 is 1.31 bits per heavy atom. The standard InChI is InChI=1S/C10H5N3O3/c11-3-6-1-8-9(2-7(6)4-12)16-5-10(14)13(8)15/h1-2,15H,5H2. The summed E-state index contributed by atoms with van der Waals surface area (Å²) in [5, 5.41) is 27.4. The number of hydrogen-bond donors (Lipinski definition) is 1. The molecule has 16 heavy (non-hydrogen) atoms. The Morgan fingerprint density at radius 2 is 1.94 bits per heavy atom. The van der Waals surface area contributed by atoms with Crippen molar-refractivity contribution in [2.75, 3.05) is 11.7 Å². The maximum Gasteiger partial charge on any atom is 0.288 e. The average molecular weight is 215 g/mol. The van der Waals surface area contributed by atoms with Crippen molar-refractivity contribution in [1.82, 2.24) is 0 Å². The fourth-order valence-corrected chi connectivity index (χ4v) is 1.37. The molecule has 1 N–H and O–H groups in total. The van der Waals surface area contributed by atoms with E-state index in [0.717, 1.165) is 0 Å². The molecular weight excluding hydrogens is 210 g/mol. The first-order valence-electron chi connectivity index (χ1n) is 4.30. The Hall–Kier alpha value is -2.57. The number of carbonyl (C=O) groups excluding carboxylic acids is 1. The lowest BCUT2D eigenvalue weighted by atomic mass is 10.1. The van der Waals surface area contributed by atoms with Crippen LogP contribution in [0.5, 0.6) is 5.75 Å². The molecule has 1 aromatic rings. The van der Waals surface area contributed by atoms with Crippen molar-refractivity contribution in [3.05, 3.63) is 23.3 Å². The molecule has 0 bridgehead atoms. The van der Waals surface area contributed by atoms with Crippen molar-refractivity contribution < 1.29 is 14.7 Å². The van der Waals surface area contributed by atoms with Crippen molar-refractivity contribution in [3.63, 3.8) is 0 Å². The molecule has 0 aliphatic carbocycles. The van der Waals surface area contributed by atoms with E-state index in [1.54, 1.807) is 6.07 Å². The fraction of sp³-hybridized carbons (Fsp3) is 0.100. The molecule has 0 saturated carbocycles. The van der Waals surface area contributed by atoms with Gasteiger partial charge < -0.3 is 4.74 Å². The smallest absolute Gasteiger partial charge is 0.288 e. The molecule has 0 radical (unpaired) electrons. The molecule has 0 aromatic heterocycles. The zero-order valence-corrected chi connectivity index (χ0v) is 7.97. The second-order valence-electron chi connectivity index (χ2n) is 3.08. The summed E-state index contributed by atoms with van der Waals surface area (Å²) in [6.45, 7) is -0.291. The molecule has 2 rings (SSSR count). The molecule has 0 fully saturated rings. The van der Waals surface area contributed by atoms with Gasteiger partial charge in [-0.25, -0.2) is 0 Å². The second kappa shape index (κ2) is 3.54. The first kappa shape index (κ1) is 9.97. The molecular formula is C10H5N3O3. The van der Waals surface area contributed by atoms with Gasteiger partial charge in [-0.2, -0.15) is 15.6 Å². The van der Waals surface area contributed by atoms with Crippen LogP contribution >= 0.6 is 0 Å². The molecule has 0 unspecified atom stereocenters. The van der Waals surface area contributed by atoms with Gasteiger partial charge in [0.1, 0.15) is 23.6 Å². The molecule has 6 heteroatoms. The van der Waals surface area contributed by atoms with E-state index >= 15 is 0 Å². The van der Waals surface area contributed by atoms with E-state index in [1.165, 1.54) is 12.1 Å². The van der Waals surface area contributed by atoms with E-state index in [0.29, 0.717) is 5.06 Å². The monoisotopic (exact) mass is 215 g/mol. The third kappa shape index (κ3) is 1.34. The highest BCUT2D eigenvalue weighted by Crippen LogP contribution is 2.33. The van der Waals surface area contributed by atoms with Crippen LogP contribution in [0.25, 0.3) is 0 Å². The third-order valence-electron chi connectivity index (χ3n) is 2.16. The topological polar surface area (TPSA) is 97.4 Å². The summed E-state index contributed by atoms with van der Waals surface area (Å²) < 4.78 is 5.04. The van der Waals surface area contributed by atoms with Crippen LogP contribution in [0.3, 0.4) is 0 Å². The molecule has 1 aliphatic rings. The number of hydroxylamine groups is 1. The molecule has 0 spiro atoms. The predicted molar refractivity (Wildman–Crippen MR) is 50.6 cm³/mol. The SMILES string of the molecule is N#Cc1cc2c(cc1C#N)N(O)C(=O)CO2. The highest BCUT2D eigenvalue weighted by molar-refractivity contribution is 5.96. The number of anilines is 1. The number of rotatable bonds is 0. The maximum atomic E-state index is 11.1. The van der Waals surface area contributed by atoms with Gasteiger partial charge in [0.05, 0.1) is 11.1 Å². The van der Waals surface area contributed by atoms with E-state index in [-0.39, 0.29) is 29.2 Å². The number of ether oxygens (including phenoxy) is 1. The average Bonchev–Trinajstić information content (AvgIpc) is 2.32. The Kier molecular flexibility index (Phi) is 2.20. The van der Waals surface area contributed by atoms with Gasteiger partial charge in [0.15, 0.2) is 6.61 Å². The summed E-state index contributed by atoms with van der Waals surface area (Å²) in [4.78, 5) is 11.1. The molecule has 1 aliphatic heterocycles. The number of amides is 1. The number of nitrogens with zero attached hydrogens (tertiary/aromatic N) is 3. The Morgan fingerprint density at radius 3 is 2.56 bits per heavy atom. The minimum Gasteiger partial charge on any atom is -0.481 e. The van der Waals surface area contributed by atoms with Crippen LogP contribution in [0.15, 0.2) is 12.1 Å². The third-order valence-corrected chi connectivity index (χ3v) is 2.16. The number of hydrogen-bond acceptors (Lipinski definition) is 5. The molecule has 1 amide bonds. The maximum absolute atomic E-state index is 11.1. The first-order chi connectivity index (χ1) is 7.67. The van der Waals surface area contributed by atoms with Crippen molar-refractivity contribution in [2.24, 2.45) is 0 Å².